The highest BCUT2D eigenvalue weighted by Crippen LogP contribution is 2.15. The summed E-state index contributed by atoms with van der Waals surface area (Å²) in [7, 11) is 5.51. The lowest BCUT2D eigenvalue weighted by Gasteiger charge is -2.23. The van der Waals surface area contributed by atoms with Crippen LogP contribution in [0.1, 0.15) is 22.0 Å². The molecule has 0 unspecified atom stereocenters. The first-order valence-electron chi connectivity index (χ1n) is 7.10. The molecule has 5 heteroatoms. The van der Waals surface area contributed by atoms with E-state index in [1.165, 1.54) is 6.20 Å². The molecule has 0 aliphatic rings. The zero-order valence-corrected chi connectivity index (χ0v) is 13.1. The molecule has 0 radical (unpaired) electrons. The molecule has 2 aromatic rings. The van der Waals surface area contributed by atoms with E-state index in [1.807, 2.05) is 49.3 Å². The van der Waals surface area contributed by atoms with E-state index in [0.29, 0.717) is 11.4 Å². The number of amides is 1. The smallest absolute Gasteiger partial charge is 0.253 e. The topological polar surface area (TPSA) is 54.5 Å². The third kappa shape index (κ3) is 4.30. The lowest BCUT2D eigenvalue weighted by molar-refractivity contribution is 0.0929. The van der Waals surface area contributed by atoms with Gasteiger partial charge in [-0.1, -0.05) is 30.3 Å². The number of pyridine rings is 1. The molecule has 5 nitrogen and oxygen atoms in total. The van der Waals surface area contributed by atoms with Gasteiger partial charge < -0.3 is 15.0 Å². The van der Waals surface area contributed by atoms with Crippen LogP contribution >= 0.6 is 0 Å². The zero-order chi connectivity index (χ0) is 15.9. The lowest BCUT2D eigenvalue weighted by atomic mass is 10.1. The summed E-state index contributed by atoms with van der Waals surface area (Å²) in [5, 5.41) is 3.06. The molecule has 1 aromatic carbocycles. The number of nitrogens with zero attached hydrogens (tertiary/aromatic N) is 2. The molecule has 0 bridgehead atoms. The van der Waals surface area contributed by atoms with E-state index in [4.69, 9.17) is 4.74 Å². The fourth-order valence-electron chi connectivity index (χ4n) is 2.16. The summed E-state index contributed by atoms with van der Waals surface area (Å²) in [5.41, 5.74) is 1.59. The number of ether oxygens (including phenoxy) is 1. The van der Waals surface area contributed by atoms with Crippen molar-refractivity contribution < 1.29 is 9.53 Å². The van der Waals surface area contributed by atoms with Crippen molar-refractivity contribution >= 4 is 5.91 Å². The summed E-state index contributed by atoms with van der Waals surface area (Å²) >= 11 is 0. The first kappa shape index (κ1) is 16.0. The van der Waals surface area contributed by atoms with E-state index >= 15 is 0 Å². The third-order valence-corrected chi connectivity index (χ3v) is 3.26. The number of benzene rings is 1. The summed E-state index contributed by atoms with van der Waals surface area (Å²) in [6.07, 6.45) is 1.52. The van der Waals surface area contributed by atoms with Crippen LogP contribution in [0.15, 0.2) is 48.7 Å². The van der Waals surface area contributed by atoms with Crippen molar-refractivity contribution in [2.45, 2.75) is 6.04 Å². The molecule has 0 aliphatic carbocycles. The van der Waals surface area contributed by atoms with Gasteiger partial charge in [-0.25, -0.2) is 4.98 Å². The Morgan fingerprint density at radius 2 is 1.95 bits per heavy atom. The van der Waals surface area contributed by atoms with Crippen molar-refractivity contribution in [1.82, 2.24) is 15.2 Å². The number of methoxy groups -OCH3 is 1. The van der Waals surface area contributed by atoms with Crippen molar-refractivity contribution in [2.75, 3.05) is 27.7 Å². The molecular weight excluding hydrogens is 278 g/mol. The molecule has 1 N–H and O–H groups in total. The van der Waals surface area contributed by atoms with E-state index in [9.17, 15) is 4.79 Å². The zero-order valence-electron chi connectivity index (χ0n) is 13.1. The summed E-state index contributed by atoms with van der Waals surface area (Å²) in [4.78, 5) is 18.5. The van der Waals surface area contributed by atoms with Crippen LogP contribution in [0.4, 0.5) is 0 Å². The molecule has 1 atom stereocenters. The van der Waals surface area contributed by atoms with Crippen molar-refractivity contribution in [1.29, 1.82) is 0 Å². The molecule has 2 rings (SSSR count). The summed E-state index contributed by atoms with van der Waals surface area (Å²) in [6, 6.07) is 13.2. The predicted octanol–water partition coefficient (Wildman–Crippen LogP) is 2.12. The monoisotopic (exact) mass is 299 g/mol. The number of hydrogen-bond donors (Lipinski definition) is 1. The van der Waals surface area contributed by atoms with E-state index in [-0.39, 0.29) is 11.9 Å². The van der Waals surface area contributed by atoms with Gasteiger partial charge in [0.25, 0.3) is 5.91 Å². The van der Waals surface area contributed by atoms with Crippen LogP contribution in [0.25, 0.3) is 0 Å². The van der Waals surface area contributed by atoms with Gasteiger partial charge in [0.15, 0.2) is 0 Å². The highest BCUT2D eigenvalue weighted by atomic mass is 16.5. The number of aromatic nitrogens is 1. The molecule has 0 saturated heterocycles. The molecule has 116 valence electrons. The maximum absolute atomic E-state index is 12.4. The fraction of sp³-hybridized carbons (Fsp3) is 0.294. The van der Waals surface area contributed by atoms with Crippen molar-refractivity contribution in [3.8, 4) is 5.88 Å². The number of hydrogen-bond acceptors (Lipinski definition) is 4. The van der Waals surface area contributed by atoms with Crippen LogP contribution in [0.2, 0.25) is 0 Å². The third-order valence-electron chi connectivity index (χ3n) is 3.26. The maximum atomic E-state index is 12.4. The Kier molecular flexibility index (Phi) is 5.49. The molecule has 0 spiro atoms. The normalized spacial score (nSPS) is 12.0. The van der Waals surface area contributed by atoms with Crippen molar-refractivity contribution in [3.05, 3.63) is 59.8 Å². The Bertz CT molecular complexity index is 597. The van der Waals surface area contributed by atoms with Crippen molar-refractivity contribution in [3.63, 3.8) is 0 Å². The molecule has 1 heterocycles. The average molecular weight is 299 g/mol. The standard InChI is InChI=1S/C17H21N3O2/c1-20(2)12-15(13-7-5-4-6-8-13)19-17(21)14-9-10-16(22-3)18-11-14/h4-11,15H,12H2,1-3H3,(H,19,21)/t15-/m1/s1. The van der Waals surface area contributed by atoms with Gasteiger partial charge in [0, 0.05) is 18.8 Å². The van der Waals surface area contributed by atoms with E-state index in [1.54, 1.807) is 19.2 Å². The van der Waals surface area contributed by atoms with E-state index in [0.717, 1.165) is 12.1 Å². The summed E-state index contributed by atoms with van der Waals surface area (Å²) in [5.74, 6) is 0.343. The highest BCUT2D eigenvalue weighted by molar-refractivity contribution is 5.94. The SMILES string of the molecule is COc1ccc(C(=O)N[C@H](CN(C)C)c2ccccc2)cn1. The van der Waals surface area contributed by atoms with E-state index < -0.39 is 0 Å². The molecule has 0 fully saturated rings. The number of carbonyl (C=O) groups excluding carboxylic acids is 1. The second-order valence-corrected chi connectivity index (χ2v) is 5.29. The minimum atomic E-state index is -0.147. The van der Waals surface area contributed by atoms with Crippen LogP contribution in [-0.2, 0) is 0 Å². The molecular formula is C17H21N3O2. The Morgan fingerprint density at radius 3 is 2.50 bits per heavy atom. The van der Waals surface area contributed by atoms with Gasteiger partial charge in [-0.3, -0.25) is 4.79 Å². The molecule has 1 aromatic heterocycles. The van der Waals surface area contributed by atoms with Crippen LogP contribution < -0.4 is 10.1 Å². The summed E-state index contributed by atoms with van der Waals surface area (Å²) < 4.78 is 5.00. The van der Waals surface area contributed by atoms with Gasteiger partial charge in [0.2, 0.25) is 5.88 Å². The van der Waals surface area contributed by atoms with Crippen LogP contribution in [0.5, 0.6) is 5.88 Å². The van der Waals surface area contributed by atoms with Crippen LogP contribution in [-0.4, -0.2) is 43.5 Å². The van der Waals surface area contributed by atoms with Gasteiger partial charge in [-0.15, -0.1) is 0 Å². The summed E-state index contributed by atoms with van der Waals surface area (Å²) in [6.45, 7) is 0.722. The number of carbonyl (C=O) groups is 1. The molecule has 0 aliphatic heterocycles. The van der Waals surface area contributed by atoms with Gasteiger partial charge in [-0.2, -0.15) is 0 Å². The van der Waals surface area contributed by atoms with Crippen LogP contribution in [0.3, 0.4) is 0 Å². The maximum Gasteiger partial charge on any atom is 0.253 e. The van der Waals surface area contributed by atoms with Crippen LogP contribution in [0, 0.1) is 0 Å². The first-order valence-corrected chi connectivity index (χ1v) is 7.10. The van der Waals surface area contributed by atoms with E-state index in [2.05, 4.69) is 10.3 Å². The quantitative estimate of drug-likeness (QED) is 0.888. The Labute approximate surface area is 130 Å². The largest absolute Gasteiger partial charge is 0.481 e. The van der Waals surface area contributed by atoms with Gasteiger partial charge in [0.05, 0.1) is 18.7 Å². The molecule has 1 amide bonds. The minimum Gasteiger partial charge on any atom is -0.481 e. The average Bonchev–Trinajstić information content (AvgIpc) is 2.54. The predicted molar refractivity (Wildman–Crippen MR) is 86.0 cm³/mol. The van der Waals surface area contributed by atoms with Gasteiger partial charge in [-0.05, 0) is 25.7 Å². The minimum absolute atomic E-state index is 0.0780. The number of likely N-dealkylation sites (N-methyl/N-ethyl adjacent to an activating group) is 1. The molecule has 22 heavy (non-hydrogen) atoms. The number of nitrogens with one attached hydrogen (secondary N) is 1. The van der Waals surface area contributed by atoms with Gasteiger partial charge >= 0.3 is 0 Å². The highest BCUT2D eigenvalue weighted by Gasteiger charge is 2.16. The Morgan fingerprint density at radius 1 is 1.23 bits per heavy atom. The Balaban J connectivity index is 2.13. The first-order chi connectivity index (χ1) is 10.6. The second-order valence-electron chi connectivity index (χ2n) is 5.29. The molecule has 0 saturated carbocycles. The number of rotatable bonds is 6. The Hall–Kier alpha value is -2.40. The fourth-order valence-corrected chi connectivity index (χ4v) is 2.16. The van der Waals surface area contributed by atoms with Crippen molar-refractivity contribution in [2.24, 2.45) is 0 Å². The second kappa shape index (κ2) is 7.56. The van der Waals surface area contributed by atoms with Gasteiger partial charge in [0.1, 0.15) is 0 Å². The lowest BCUT2D eigenvalue weighted by Crippen LogP contribution is -2.35.